The number of carbonyl (C=O) groups is 2. The summed E-state index contributed by atoms with van der Waals surface area (Å²) in [5, 5.41) is 6.47. The van der Waals surface area contributed by atoms with Gasteiger partial charge in [-0.15, -0.1) is 0 Å². The number of piperidine rings is 1. The van der Waals surface area contributed by atoms with Gasteiger partial charge < -0.3 is 15.5 Å². The van der Waals surface area contributed by atoms with E-state index in [2.05, 4.69) is 15.5 Å². The zero-order valence-electron chi connectivity index (χ0n) is 16.1. The second-order valence-electron chi connectivity index (χ2n) is 7.37. The average Bonchev–Trinajstić information content (AvgIpc) is 2.63. The Morgan fingerprint density at radius 3 is 2.48 bits per heavy atom. The number of amides is 2. The molecule has 2 amide bonds. The van der Waals surface area contributed by atoms with E-state index in [1.165, 1.54) is 25.3 Å². The fraction of sp³-hybridized carbons (Fsp3) is 0.600. The Bertz CT molecular complexity index is 646. The predicted molar refractivity (Wildman–Crippen MR) is 110 cm³/mol. The highest BCUT2D eigenvalue weighted by Crippen LogP contribution is 2.21. The van der Waals surface area contributed by atoms with Gasteiger partial charge >= 0.3 is 0 Å². The molecule has 1 atom stereocenters. The Morgan fingerprint density at radius 1 is 1.15 bits per heavy atom. The van der Waals surface area contributed by atoms with Gasteiger partial charge in [0.05, 0.1) is 10.6 Å². The molecule has 0 radical (unpaired) electrons. The van der Waals surface area contributed by atoms with Crippen molar-refractivity contribution in [3.63, 3.8) is 0 Å². The fourth-order valence-electron chi connectivity index (χ4n) is 3.23. The van der Waals surface area contributed by atoms with E-state index in [4.69, 9.17) is 23.2 Å². The minimum absolute atomic E-state index is 0.0397. The van der Waals surface area contributed by atoms with Gasteiger partial charge in [0.2, 0.25) is 5.91 Å². The average molecular weight is 414 g/mol. The van der Waals surface area contributed by atoms with Gasteiger partial charge in [-0.25, -0.2) is 0 Å². The third-order valence-electron chi connectivity index (χ3n) is 4.81. The standard InChI is InChI=1S/C20H29Cl2N3O2/c1-14(2)18(24-19(26)16-8-7-15(21)13-17(16)22)20(27)23-9-6-12-25-10-4-3-5-11-25/h7-8,13-14,18H,3-6,9-12H2,1-2H3,(H,23,27)(H,24,26)/t18-/m0/s1. The Hall–Kier alpha value is -1.30. The zero-order valence-corrected chi connectivity index (χ0v) is 17.6. The molecule has 1 aliphatic heterocycles. The number of nitrogens with one attached hydrogen (secondary N) is 2. The van der Waals surface area contributed by atoms with Crippen LogP contribution in [0.5, 0.6) is 0 Å². The van der Waals surface area contributed by atoms with Crippen LogP contribution in [0.2, 0.25) is 10.0 Å². The number of benzene rings is 1. The first-order valence-electron chi connectivity index (χ1n) is 9.64. The number of nitrogens with zero attached hydrogens (tertiary/aromatic N) is 1. The summed E-state index contributed by atoms with van der Waals surface area (Å²) >= 11 is 12.0. The van der Waals surface area contributed by atoms with Gasteiger partial charge in [-0.2, -0.15) is 0 Å². The summed E-state index contributed by atoms with van der Waals surface area (Å²) in [6, 6.07) is 4.07. The third-order valence-corrected chi connectivity index (χ3v) is 5.36. The molecule has 2 rings (SSSR count). The van der Waals surface area contributed by atoms with E-state index in [-0.39, 0.29) is 22.8 Å². The van der Waals surface area contributed by atoms with E-state index in [0.717, 1.165) is 26.1 Å². The minimum Gasteiger partial charge on any atom is -0.354 e. The summed E-state index contributed by atoms with van der Waals surface area (Å²) in [4.78, 5) is 27.5. The Labute approximate surface area is 171 Å². The molecular formula is C20H29Cl2N3O2. The third kappa shape index (κ3) is 6.98. The van der Waals surface area contributed by atoms with Crippen LogP contribution in [0.25, 0.3) is 0 Å². The van der Waals surface area contributed by atoms with E-state index in [0.29, 0.717) is 17.1 Å². The molecule has 1 heterocycles. The lowest BCUT2D eigenvalue weighted by atomic mass is 10.0. The molecule has 1 aromatic rings. The lowest BCUT2D eigenvalue weighted by Gasteiger charge is -2.26. The van der Waals surface area contributed by atoms with Gasteiger partial charge in [-0.1, -0.05) is 43.5 Å². The molecule has 1 aliphatic rings. The van der Waals surface area contributed by atoms with Crippen molar-refractivity contribution in [3.05, 3.63) is 33.8 Å². The number of hydrogen-bond acceptors (Lipinski definition) is 3. The lowest BCUT2D eigenvalue weighted by molar-refractivity contribution is -0.123. The van der Waals surface area contributed by atoms with Crippen molar-refractivity contribution in [1.82, 2.24) is 15.5 Å². The first-order chi connectivity index (χ1) is 12.9. The molecule has 0 aromatic heterocycles. The van der Waals surface area contributed by atoms with Crippen molar-refractivity contribution in [2.75, 3.05) is 26.2 Å². The Balaban J connectivity index is 1.83. The highest BCUT2D eigenvalue weighted by molar-refractivity contribution is 6.36. The van der Waals surface area contributed by atoms with Gasteiger partial charge in [-0.3, -0.25) is 9.59 Å². The molecule has 5 nitrogen and oxygen atoms in total. The van der Waals surface area contributed by atoms with Crippen molar-refractivity contribution < 1.29 is 9.59 Å². The fourth-order valence-corrected chi connectivity index (χ4v) is 3.73. The van der Waals surface area contributed by atoms with E-state index in [1.807, 2.05) is 13.8 Å². The van der Waals surface area contributed by atoms with E-state index in [9.17, 15) is 9.59 Å². The van der Waals surface area contributed by atoms with Crippen molar-refractivity contribution in [1.29, 1.82) is 0 Å². The van der Waals surface area contributed by atoms with Gasteiger partial charge in [0.15, 0.2) is 0 Å². The summed E-state index contributed by atoms with van der Waals surface area (Å²) in [5.41, 5.74) is 0.310. The molecule has 0 saturated carbocycles. The van der Waals surface area contributed by atoms with E-state index >= 15 is 0 Å². The smallest absolute Gasteiger partial charge is 0.253 e. The topological polar surface area (TPSA) is 61.4 Å². The van der Waals surface area contributed by atoms with Crippen LogP contribution in [-0.4, -0.2) is 48.9 Å². The van der Waals surface area contributed by atoms with E-state index in [1.54, 1.807) is 12.1 Å². The highest BCUT2D eigenvalue weighted by atomic mass is 35.5. The van der Waals surface area contributed by atoms with Crippen molar-refractivity contribution in [2.24, 2.45) is 5.92 Å². The summed E-state index contributed by atoms with van der Waals surface area (Å²) < 4.78 is 0. The summed E-state index contributed by atoms with van der Waals surface area (Å²) in [7, 11) is 0. The van der Waals surface area contributed by atoms with Gasteiger partial charge in [-0.05, 0) is 63.0 Å². The number of hydrogen-bond donors (Lipinski definition) is 2. The normalized spacial score (nSPS) is 16.2. The molecule has 1 aromatic carbocycles. The van der Waals surface area contributed by atoms with Crippen LogP contribution in [0.15, 0.2) is 18.2 Å². The van der Waals surface area contributed by atoms with Crippen LogP contribution in [0.1, 0.15) is 49.9 Å². The second kappa shape index (κ2) is 10.9. The number of halogens is 2. The number of rotatable bonds is 8. The predicted octanol–water partition coefficient (Wildman–Crippen LogP) is 3.74. The quantitative estimate of drug-likeness (QED) is 0.637. The van der Waals surface area contributed by atoms with E-state index < -0.39 is 6.04 Å². The highest BCUT2D eigenvalue weighted by Gasteiger charge is 2.25. The molecule has 7 heteroatoms. The van der Waals surface area contributed by atoms with Crippen LogP contribution in [0, 0.1) is 5.92 Å². The first kappa shape index (κ1) is 22.0. The monoisotopic (exact) mass is 413 g/mol. The summed E-state index contributed by atoms with van der Waals surface area (Å²) in [6.45, 7) is 7.72. The Morgan fingerprint density at radius 2 is 1.85 bits per heavy atom. The minimum atomic E-state index is -0.612. The maximum absolute atomic E-state index is 12.5. The zero-order chi connectivity index (χ0) is 19.8. The van der Waals surface area contributed by atoms with Crippen LogP contribution in [-0.2, 0) is 4.79 Å². The van der Waals surface area contributed by atoms with Crippen molar-refractivity contribution in [3.8, 4) is 0 Å². The molecule has 0 bridgehead atoms. The summed E-state index contributed by atoms with van der Waals surface area (Å²) in [6.07, 6.45) is 4.76. The Kier molecular flexibility index (Phi) is 8.87. The molecule has 1 fully saturated rings. The molecule has 0 spiro atoms. The SMILES string of the molecule is CC(C)[C@H](NC(=O)c1ccc(Cl)cc1Cl)C(=O)NCCCN1CCCCC1. The van der Waals surface area contributed by atoms with Crippen LogP contribution in [0.3, 0.4) is 0 Å². The molecular weight excluding hydrogens is 385 g/mol. The molecule has 1 saturated heterocycles. The molecule has 27 heavy (non-hydrogen) atoms. The molecule has 2 N–H and O–H groups in total. The molecule has 0 aliphatic carbocycles. The lowest BCUT2D eigenvalue weighted by Crippen LogP contribution is -2.50. The molecule has 150 valence electrons. The van der Waals surface area contributed by atoms with Gasteiger partial charge in [0, 0.05) is 11.6 Å². The largest absolute Gasteiger partial charge is 0.354 e. The van der Waals surface area contributed by atoms with Crippen LogP contribution >= 0.6 is 23.2 Å². The van der Waals surface area contributed by atoms with Crippen molar-refractivity contribution >= 4 is 35.0 Å². The van der Waals surface area contributed by atoms with Gasteiger partial charge in [0.1, 0.15) is 6.04 Å². The second-order valence-corrected chi connectivity index (χ2v) is 8.21. The van der Waals surface area contributed by atoms with Crippen molar-refractivity contribution in [2.45, 2.75) is 45.6 Å². The number of carbonyl (C=O) groups excluding carboxylic acids is 2. The van der Waals surface area contributed by atoms with Crippen LogP contribution in [0.4, 0.5) is 0 Å². The van der Waals surface area contributed by atoms with Crippen LogP contribution < -0.4 is 10.6 Å². The van der Waals surface area contributed by atoms with Gasteiger partial charge in [0.25, 0.3) is 5.91 Å². The summed E-state index contributed by atoms with van der Waals surface area (Å²) in [5.74, 6) is -0.581. The maximum Gasteiger partial charge on any atom is 0.253 e. The number of likely N-dealkylation sites (tertiary alicyclic amines) is 1. The maximum atomic E-state index is 12.5. The molecule has 0 unspecified atom stereocenters. The first-order valence-corrected chi connectivity index (χ1v) is 10.4.